The van der Waals surface area contributed by atoms with Crippen molar-refractivity contribution in [3.63, 3.8) is 0 Å². The van der Waals surface area contributed by atoms with Crippen molar-refractivity contribution < 1.29 is 13.6 Å². The lowest BCUT2D eigenvalue weighted by Gasteiger charge is -2.08. The van der Waals surface area contributed by atoms with Crippen molar-refractivity contribution in [1.82, 2.24) is 0 Å². The SMILES string of the molecule is N#Cc1ccc(NC(=O)CNc2cc(F)cc(F)c2)cc1Cl. The highest BCUT2D eigenvalue weighted by Crippen LogP contribution is 2.20. The molecule has 0 unspecified atom stereocenters. The van der Waals surface area contributed by atoms with E-state index in [2.05, 4.69) is 10.6 Å². The summed E-state index contributed by atoms with van der Waals surface area (Å²) in [5, 5.41) is 14.1. The summed E-state index contributed by atoms with van der Waals surface area (Å²) < 4.78 is 26.0. The Labute approximate surface area is 130 Å². The molecule has 0 bridgehead atoms. The Bertz CT molecular complexity index is 739. The van der Waals surface area contributed by atoms with E-state index in [0.717, 1.165) is 18.2 Å². The molecule has 0 aliphatic rings. The Hall–Kier alpha value is -2.65. The van der Waals surface area contributed by atoms with Gasteiger partial charge in [-0.05, 0) is 30.3 Å². The maximum absolute atomic E-state index is 13.0. The van der Waals surface area contributed by atoms with Gasteiger partial charge in [0.15, 0.2) is 0 Å². The van der Waals surface area contributed by atoms with E-state index in [1.54, 1.807) is 0 Å². The van der Waals surface area contributed by atoms with Gasteiger partial charge in [-0.2, -0.15) is 5.26 Å². The van der Waals surface area contributed by atoms with Crippen LogP contribution >= 0.6 is 11.6 Å². The quantitative estimate of drug-likeness (QED) is 0.905. The van der Waals surface area contributed by atoms with Crippen molar-refractivity contribution in [1.29, 1.82) is 5.26 Å². The van der Waals surface area contributed by atoms with Crippen LogP contribution in [0.4, 0.5) is 20.2 Å². The van der Waals surface area contributed by atoms with Gasteiger partial charge >= 0.3 is 0 Å². The van der Waals surface area contributed by atoms with E-state index in [4.69, 9.17) is 16.9 Å². The molecule has 0 fully saturated rings. The molecule has 0 radical (unpaired) electrons. The van der Waals surface area contributed by atoms with Crippen LogP contribution in [0.3, 0.4) is 0 Å². The van der Waals surface area contributed by atoms with Gasteiger partial charge in [0.25, 0.3) is 0 Å². The third-order valence-electron chi connectivity index (χ3n) is 2.69. The Morgan fingerprint density at radius 2 is 1.82 bits per heavy atom. The number of carbonyl (C=O) groups is 1. The average molecular weight is 322 g/mol. The number of amides is 1. The third kappa shape index (κ3) is 4.17. The summed E-state index contributed by atoms with van der Waals surface area (Å²) in [6.45, 7) is -0.180. The maximum atomic E-state index is 13.0. The minimum Gasteiger partial charge on any atom is -0.376 e. The van der Waals surface area contributed by atoms with Crippen molar-refractivity contribution in [2.45, 2.75) is 0 Å². The van der Waals surface area contributed by atoms with Crippen molar-refractivity contribution >= 4 is 28.9 Å². The Morgan fingerprint density at radius 3 is 2.41 bits per heavy atom. The first-order valence-corrected chi connectivity index (χ1v) is 6.55. The van der Waals surface area contributed by atoms with Gasteiger partial charge in [-0.1, -0.05) is 11.6 Å². The van der Waals surface area contributed by atoms with Gasteiger partial charge in [0, 0.05) is 17.4 Å². The molecule has 0 atom stereocenters. The van der Waals surface area contributed by atoms with Crippen molar-refractivity contribution in [2.24, 2.45) is 0 Å². The molecule has 2 aromatic carbocycles. The normalized spacial score (nSPS) is 9.91. The first-order valence-electron chi connectivity index (χ1n) is 6.17. The van der Waals surface area contributed by atoms with Gasteiger partial charge in [-0.15, -0.1) is 0 Å². The highest BCUT2D eigenvalue weighted by atomic mass is 35.5. The smallest absolute Gasteiger partial charge is 0.243 e. The molecule has 0 aliphatic carbocycles. The largest absolute Gasteiger partial charge is 0.376 e. The number of nitrogens with zero attached hydrogens (tertiary/aromatic N) is 1. The van der Waals surface area contributed by atoms with E-state index in [1.165, 1.54) is 18.2 Å². The van der Waals surface area contributed by atoms with Crippen LogP contribution in [0.25, 0.3) is 0 Å². The molecule has 0 aliphatic heterocycles. The third-order valence-corrected chi connectivity index (χ3v) is 3.00. The number of benzene rings is 2. The fraction of sp³-hybridized carbons (Fsp3) is 0.0667. The van der Waals surface area contributed by atoms with E-state index >= 15 is 0 Å². The summed E-state index contributed by atoms with van der Waals surface area (Å²) in [7, 11) is 0. The molecule has 0 aromatic heterocycles. The van der Waals surface area contributed by atoms with Gasteiger partial charge in [-0.3, -0.25) is 4.79 Å². The first kappa shape index (κ1) is 15.7. The lowest BCUT2D eigenvalue weighted by molar-refractivity contribution is -0.114. The second-order valence-corrected chi connectivity index (χ2v) is 4.77. The second kappa shape index (κ2) is 6.87. The summed E-state index contributed by atoms with van der Waals surface area (Å²) in [5.41, 5.74) is 0.875. The molecular weight excluding hydrogens is 312 g/mol. The van der Waals surface area contributed by atoms with Crippen molar-refractivity contribution in [2.75, 3.05) is 17.2 Å². The topological polar surface area (TPSA) is 64.9 Å². The number of hydrogen-bond donors (Lipinski definition) is 2. The van der Waals surface area contributed by atoms with Gasteiger partial charge in [0.2, 0.25) is 5.91 Å². The molecule has 2 rings (SSSR count). The number of carbonyl (C=O) groups excluding carboxylic acids is 1. The Morgan fingerprint density at radius 1 is 1.14 bits per heavy atom. The molecule has 2 aromatic rings. The number of halogens is 3. The highest BCUT2D eigenvalue weighted by molar-refractivity contribution is 6.32. The van der Waals surface area contributed by atoms with Gasteiger partial charge < -0.3 is 10.6 Å². The Balaban J connectivity index is 1.96. The summed E-state index contributed by atoms with van der Waals surface area (Å²) in [4.78, 5) is 11.8. The molecule has 22 heavy (non-hydrogen) atoms. The van der Waals surface area contributed by atoms with Crippen LogP contribution < -0.4 is 10.6 Å². The highest BCUT2D eigenvalue weighted by Gasteiger charge is 2.06. The number of hydrogen-bond acceptors (Lipinski definition) is 3. The van der Waals surface area contributed by atoms with E-state index in [-0.39, 0.29) is 17.3 Å². The molecule has 0 spiro atoms. The van der Waals surface area contributed by atoms with E-state index in [9.17, 15) is 13.6 Å². The lowest BCUT2D eigenvalue weighted by atomic mass is 10.2. The molecule has 1 amide bonds. The molecule has 112 valence electrons. The molecule has 0 saturated carbocycles. The zero-order valence-corrected chi connectivity index (χ0v) is 11.9. The van der Waals surface area contributed by atoms with Crippen LogP contribution in [0.1, 0.15) is 5.56 Å². The molecule has 0 heterocycles. The summed E-state index contributed by atoms with van der Waals surface area (Å²) in [6, 6.07) is 9.26. The number of nitriles is 1. The fourth-order valence-electron chi connectivity index (χ4n) is 1.73. The van der Waals surface area contributed by atoms with Crippen LogP contribution in [0.15, 0.2) is 36.4 Å². The predicted octanol–water partition coefficient (Wildman–Crippen LogP) is 3.54. The van der Waals surface area contributed by atoms with Crippen LogP contribution in [-0.2, 0) is 4.79 Å². The Kier molecular flexibility index (Phi) is 4.92. The fourth-order valence-corrected chi connectivity index (χ4v) is 1.95. The first-order chi connectivity index (χ1) is 10.5. The number of rotatable bonds is 4. The predicted molar refractivity (Wildman–Crippen MR) is 79.6 cm³/mol. The van der Waals surface area contributed by atoms with E-state index in [1.807, 2.05) is 6.07 Å². The maximum Gasteiger partial charge on any atom is 0.243 e. The lowest BCUT2D eigenvalue weighted by Crippen LogP contribution is -2.21. The number of anilines is 2. The monoisotopic (exact) mass is 321 g/mol. The molecule has 0 saturated heterocycles. The van der Waals surface area contributed by atoms with Crippen LogP contribution in [0, 0.1) is 23.0 Å². The van der Waals surface area contributed by atoms with Gasteiger partial charge in [-0.25, -0.2) is 8.78 Å². The number of nitrogens with one attached hydrogen (secondary N) is 2. The minimum atomic E-state index is -0.734. The zero-order valence-electron chi connectivity index (χ0n) is 11.2. The molecular formula is C15H10ClF2N3O. The van der Waals surface area contributed by atoms with Crippen LogP contribution in [-0.4, -0.2) is 12.5 Å². The van der Waals surface area contributed by atoms with Gasteiger partial charge in [0.05, 0.1) is 17.1 Å². The van der Waals surface area contributed by atoms with Crippen LogP contribution in [0.5, 0.6) is 0 Å². The van der Waals surface area contributed by atoms with E-state index < -0.39 is 17.5 Å². The molecule has 4 nitrogen and oxygen atoms in total. The van der Waals surface area contributed by atoms with E-state index in [0.29, 0.717) is 11.3 Å². The molecule has 7 heteroatoms. The summed E-state index contributed by atoms with van der Waals surface area (Å²) in [6.07, 6.45) is 0. The van der Waals surface area contributed by atoms with Crippen LogP contribution in [0.2, 0.25) is 5.02 Å². The van der Waals surface area contributed by atoms with Crippen molar-refractivity contribution in [3.05, 3.63) is 58.6 Å². The minimum absolute atomic E-state index is 0.158. The summed E-state index contributed by atoms with van der Waals surface area (Å²) >= 11 is 5.85. The zero-order chi connectivity index (χ0) is 16.1. The van der Waals surface area contributed by atoms with Crippen molar-refractivity contribution in [3.8, 4) is 6.07 Å². The standard InChI is InChI=1S/C15H10ClF2N3O/c16-14-6-12(2-1-9(14)7-19)21-15(22)8-20-13-4-10(17)3-11(18)5-13/h1-6,20H,8H2,(H,21,22). The van der Waals surface area contributed by atoms with Gasteiger partial charge in [0.1, 0.15) is 17.7 Å². The molecule has 2 N–H and O–H groups in total. The summed E-state index contributed by atoms with van der Waals surface area (Å²) in [5.74, 6) is -1.89. The second-order valence-electron chi connectivity index (χ2n) is 4.37. The average Bonchev–Trinajstić information content (AvgIpc) is 2.44.